The van der Waals surface area contributed by atoms with Gasteiger partial charge in [-0.3, -0.25) is 19.7 Å². The Morgan fingerprint density at radius 2 is 2.19 bits per heavy atom. The van der Waals surface area contributed by atoms with Crippen molar-refractivity contribution < 1.29 is 14.1 Å². The van der Waals surface area contributed by atoms with Crippen molar-refractivity contribution in [2.24, 2.45) is 0 Å². The van der Waals surface area contributed by atoms with Gasteiger partial charge in [0, 0.05) is 24.0 Å². The molecule has 1 heterocycles. The molecule has 2 aromatic rings. The Hall–Kier alpha value is -3.10. The largest absolute Gasteiger partial charge is 0.324 e. The lowest BCUT2D eigenvalue weighted by molar-refractivity contribution is -0.387. The van der Waals surface area contributed by atoms with Gasteiger partial charge in [0.15, 0.2) is 0 Å². The summed E-state index contributed by atoms with van der Waals surface area (Å²) in [7, 11) is 0. The number of nitro benzene ring substituents is 1. The Bertz CT molecular complexity index is 759. The molecule has 1 amide bonds. The molecule has 1 aromatic carbocycles. The first-order valence-electron chi connectivity index (χ1n) is 5.73. The van der Waals surface area contributed by atoms with E-state index in [-0.39, 0.29) is 12.2 Å². The zero-order valence-corrected chi connectivity index (χ0v) is 10.5. The number of halogens is 1. The van der Waals surface area contributed by atoms with E-state index < -0.39 is 27.9 Å². The van der Waals surface area contributed by atoms with Crippen molar-refractivity contribution in [1.82, 2.24) is 9.78 Å². The fourth-order valence-electron chi connectivity index (χ4n) is 1.57. The van der Waals surface area contributed by atoms with Crippen molar-refractivity contribution in [3.63, 3.8) is 0 Å². The molecule has 0 aliphatic heterocycles. The van der Waals surface area contributed by atoms with Gasteiger partial charge in [-0.15, -0.1) is 0 Å². The predicted octanol–water partition coefficient (Wildman–Crippen LogP) is 0.929. The van der Waals surface area contributed by atoms with Crippen LogP contribution >= 0.6 is 0 Å². The van der Waals surface area contributed by atoms with Gasteiger partial charge in [-0.1, -0.05) is 0 Å². The van der Waals surface area contributed by atoms with E-state index in [2.05, 4.69) is 10.4 Å². The molecule has 0 aliphatic carbocycles. The van der Waals surface area contributed by atoms with Crippen LogP contribution in [0.25, 0.3) is 0 Å². The molecule has 9 heteroatoms. The van der Waals surface area contributed by atoms with E-state index >= 15 is 0 Å². The molecule has 2 rings (SSSR count). The molecule has 0 bridgehead atoms. The molecule has 1 aromatic heterocycles. The van der Waals surface area contributed by atoms with Crippen LogP contribution in [-0.4, -0.2) is 20.6 Å². The summed E-state index contributed by atoms with van der Waals surface area (Å²) in [6.45, 7) is -0.356. The number of benzene rings is 1. The van der Waals surface area contributed by atoms with Crippen molar-refractivity contribution in [2.75, 3.05) is 5.32 Å². The highest BCUT2D eigenvalue weighted by atomic mass is 19.1. The van der Waals surface area contributed by atoms with E-state index in [4.69, 9.17) is 0 Å². The fraction of sp³-hybridized carbons (Fsp3) is 0.0833. The van der Waals surface area contributed by atoms with Crippen molar-refractivity contribution in [3.8, 4) is 0 Å². The summed E-state index contributed by atoms with van der Waals surface area (Å²) in [5.74, 6) is -1.62. The number of anilines is 1. The monoisotopic (exact) mass is 292 g/mol. The molecule has 0 fully saturated rings. The van der Waals surface area contributed by atoms with Gasteiger partial charge >= 0.3 is 5.69 Å². The van der Waals surface area contributed by atoms with Crippen LogP contribution in [0.4, 0.5) is 15.8 Å². The van der Waals surface area contributed by atoms with Crippen LogP contribution in [-0.2, 0) is 11.3 Å². The van der Waals surface area contributed by atoms with Gasteiger partial charge in [-0.2, -0.15) is 9.49 Å². The van der Waals surface area contributed by atoms with Gasteiger partial charge in [0.25, 0.3) is 5.56 Å². The number of amides is 1. The highest BCUT2D eigenvalue weighted by molar-refractivity contribution is 5.90. The minimum atomic E-state index is -1.00. The maximum atomic E-state index is 13.1. The molecule has 0 saturated heterocycles. The van der Waals surface area contributed by atoms with E-state index in [1.54, 1.807) is 0 Å². The third-order valence-corrected chi connectivity index (χ3v) is 2.51. The second-order valence-corrected chi connectivity index (χ2v) is 3.99. The fourth-order valence-corrected chi connectivity index (χ4v) is 1.57. The third kappa shape index (κ3) is 3.47. The van der Waals surface area contributed by atoms with Gasteiger partial charge in [-0.25, -0.2) is 4.68 Å². The average Bonchev–Trinajstić information content (AvgIpc) is 2.43. The number of nitrogens with zero attached hydrogens (tertiary/aromatic N) is 3. The van der Waals surface area contributed by atoms with E-state index in [1.165, 1.54) is 24.4 Å². The van der Waals surface area contributed by atoms with Crippen LogP contribution in [0.1, 0.15) is 0 Å². The zero-order chi connectivity index (χ0) is 15.4. The molecule has 0 spiro atoms. The lowest BCUT2D eigenvalue weighted by atomic mass is 10.2. The first-order valence-corrected chi connectivity index (χ1v) is 5.73. The first kappa shape index (κ1) is 14.3. The second kappa shape index (κ2) is 5.90. The highest BCUT2D eigenvalue weighted by Gasteiger charge is 2.15. The van der Waals surface area contributed by atoms with E-state index in [9.17, 15) is 24.1 Å². The molecule has 0 unspecified atom stereocenters. The Balaban J connectivity index is 2.13. The molecular weight excluding hydrogens is 283 g/mol. The van der Waals surface area contributed by atoms with Crippen LogP contribution in [0.5, 0.6) is 0 Å². The van der Waals surface area contributed by atoms with Crippen molar-refractivity contribution in [1.29, 1.82) is 0 Å². The lowest BCUT2D eigenvalue weighted by Gasteiger charge is -2.06. The summed E-state index contributed by atoms with van der Waals surface area (Å²) in [5.41, 5.74) is -1.15. The molecule has 21 heavy (non-hydrogen) atoms. The Morgan fingerprint density at radius 1 is 1.43 bits per heavy atom. The lowest BCUT2D eigenvalue weighted by Crippen LogP contribution is -2.28. The minimum Gasteiger partial charge on any atom is -0.324 e. The summed E-state index contributed by atoms with van der Waals surface area (Å²) < 4.78 is 14.1. The summed E-state index contributed by atoms with van der Waals surface area (Å²) >= 11 is 0. The molecular formula is C12H9FN4O4. The van der Waals surface area contributed by atoms with Gasteiger partial charge in [0.2, 0.25) is 11.7 Å². The Kier molecular flexibility index (Phi) is 4.02. The highest BCUT2D eigenvalue weighted by Crippen LogP contribution is 2.21. The van der Waals surface area contributed by atoms with Gasteiger partial charge in [0.1, 0.15) is 6.54 Å². The number of carbonyl (C=O) groups excluding carboxylic acids is 1. The third-order valence-electron chi connectivity index (χ3n) is 2.51. The Labute approximate surface area is 117 Å². The van der Waals surface area contributed by atoms with Gasteiger partial charge in [0.05, 0.1) is 4.92 Å². The minimum absolute atomic E-state index is 0.0529. The van der Waals surface area contributed by atoms with Gasteiger partial charge in [-0.05, 0) is 18.2 Å². The summed E-state index contributed by atoms with van der Waals surface area (Å²) in [6.07, 6.45) is 1.34. The van der Waals surface area contributed by atoms with E-state index in [0.717, 1.165) is 16.8 Å². The normalized spacial score (nSPS) is 10.1. The van der Waals surface area contributed by atoms with Crippen molar-refractivity contribution >= 4 is 17.3 Å². The van der Waals surface area contributed by atoms with E-state index in [0.29, 0.717) is 0 Å². The summed E-state index contributed by atoms with van der Waals surface area (Å²) in [5, 5.41) is 16.6. The van der Waals surface area contributed by atoms with Crippen LogP contribution in [0.3, 0.4) is 0 Å². The molecule has 108 valence electrons. The number of hydrogen-bond acceptors (Lipinski definition) is 5. The number of nitrogens with one attached hydrogen (secondary N) is 1. The molecule has 0 atom stereocenters. The maximum Gasteiger partial charge on any atom is 0.306 e. The maximum absolute atomic E-state index is 13.1. The summed E-state index contributed by atoms with van der Waals surface area (Å²) in [6, 6.07) is 5.62. The molecule has 0 radical (unpaired) electrons. The van der Waals surface area contributed by atoms with E-state index in [1.807, 2.05) is 0 Å². The number of hydrogen-bond donors (Lipinski definition) is 1. The zero-order valence-electron chi connectivity index (χ0n) is 10.5. The van der Waals surface area contributed by atoms with Crippen LogP contribution in [0, 0.1) is 15.9 Å². The topological polar surface area (TPSA) is 107 Å². The number of rotatable bonds is 4. The quantitative estimate of drug-likeness (QED) is 0.666. The second-order valence-electron chi connectivity index (χ2n) is 3.99. The number of carbonyl (C=O) groups is 1. The van der Waals surface area contributed by atoms with Crippen LogP contribution in [0.2, 0.25) is 0 Å². The average molecular weight is 292 g/mol. The Morgan fingerprint density at radius 3 is 2.86 bits per heavy atom. The summed E-state index contributed by atoms with van der Waals surface area (Å²) in [4.78, 5) is 32.8. The SMILES string of the molecule is O=C(Cn1ncccc1=O)Nc1ccc(F)c([N+](=O)[O-])c1. The van der Waals surface area contributed by atoms with Crippen molar-refractivity contribution in [2.45, 2.75) is 6.54 Å². The molecule has 0 aliphatic rings. The number of aromatic nitrogens is 2. The number of nitro groups is 1. The van der Waals surface area contributed by atoms with Gasteiger partial charge < -0.3 is 5.32 Å². The van der Waals surface area contributed by atoms with Crippen molar-refractivity contribution in [3.05, 3.63) is 62.8 Å². The van der Waals surface area contributed by atoms with Crippen LogP contribution < -0.4 is 10.9 Å². The molecule has 0 saturated carbocycles. The predicted molar refractivity (Wildman–Crippen MR) is 70.2 cm³/mol. The molecule has 8 nitrogen and oxygen atoms in total. The van der Waals surface area contributed by atoms with Crippen LogP contribution in [0.15, 0.2) is 41.3 Å². The smallest absolute Gasteiger partial charge is 0.306 e. The standard InChI is InChI=1S/C12H9FN4O4/c13-9-4-3-8(6-10(9)17(20)21)15-11(18)7-16-12(19)2-1-5-14-16/h1-6H,7H2,(H,15,18). The first-order chi connectivity index (χ1) is 9.97. The molecule has 1 N–H and O–H groups in total.